The van der Waals surface area contributed by atoms with Crippen LogP contribution in [0, 0.1) is 0 Å². The Morgan fingerprint density at radius 2 is 2.15 bits per heavy atom. The van der Waals surface area contributed by atoms with E-state index in [2.05, 4.69) is 22.2 Å². The molecule has 0 aliphatic rings. The topological polar surface area (TPSA) is 59.2 Å². The van der Waals surface area contributed by atoms with Gasteiger partial charge >= 0.3 is 0 Å². The quantitative estimate of drug-likeness (QED) is 0.814. The molecule has 1 atom stereocenters. The minimum atomic E-state index is 0.200. The highest BCUT2D eigenvalue weighted by Crippen LogP contribution is 2.29. The lowest BCUT2D eigenvalue weighted by Crippen LogP contribution is -2.22. The molecule has 1 aromatic carbocycles. The van der Waals surface area contributed by atoms with Gasteiger partial charge in [0.25, 0.3) is 0 Å². The summed E-state index contributed by atoms with van der Waals surface area (Å²) >= 11 is 0. The van der Waals surface area contributed by atoms with Gasteiger partial charge in [0.05, 0.1) is 14.2 Å². The second kappa shape index (κ2) is 6.96. The zero-order chi connectivity index (χ0) is 14.4. The lowest BCUT2D eigenvalue weighted by Gasteiger charge is -2.17. The van der Waals surface area contributed by atoms with Crippen molar-refractivity contribution in [3.63, 3.8) is 0 Å². The van der Waals surface area contributed by atoms with Crippen molar-refractivity contribution in [1.82, 2.24) is 15.3 Å². The molecule has 2 aromatic rings. The van der Waals surface area contributed by atoms with E-state index in [0.29, 0.717) is 0 Å². The predicted octanol–water partition coefficient (Wildman–Crippen LogP) is 2.32. The Morgan fingerprint density at radius 3 is 2.80 bits per heavy atom. The fourth-order valence-electron chi connectivity index (χ4n) is 2.13. The van der Waals surface area contributed by atoms with Crippen LogP contribution in [0.1, 0.15) is 24.4 Å². The number of aromatic nitrogens is 2. The van der Waals surface area contributed by atoms with Gasteiger partial charge in [0.2, 0.25) is 0 Å². The molecule has 0 saturated carbocycles. The fourth-order valence-corrected chi connectivity index (χ4v) is 2.13. The van der Waals surface area contributed by atoms with Crippen molar-refractivity contribution in [3.05, 3.63) is 42.0 Å². The first-order valence-electron chi connectivity index (χ1n) is 6.68. The molecule has 20 heavy (non-hydrogen) atoms. The number of benzene rings is 1. The molecule has 0 saturated heterocycles. The smallest absolute Gasteiger partial charge is 0.127 e. The molecular weight excluding hydrogens is 254 g/mol. The Kier molecular flexibility index (Phi) is 5.01. The van der Waals surface area contributed by atoms with Crippen LogP contribution in [-0.4, -0.2) is 30.7 Å². The molecule has 0 radical (unpaired) electrons. The summed E-state index contributed by atoms with van der Waals surface area (Å²) in [7, 11) is 3.33. The van der Waals surface area contributed by atoms with E-state index in [0.717, 1.165) is 35.9 Å². The van der Waals surface area contributed by atoms with Gasteiger partial charge in [-0.1, -0.05) is 6.07 Å². The molecule has 0 aliphatic heterocycles. The molecule has 0 bridgehead atoms. The van der Waals surface area contributed by atoms with E-state index in [1.165, 1.54) is 0 Å². The zero-order valence-electron chi connectivity index (χ0n) is 12.1. The maximum Gasteiger partial charge on any atom is 0.127 e. The maximum absolute atomic E-state index is 5.42. The maximum atomic E-state index is 5.42. The van der Waals surface area contributed by atoms with E-state index < -0.39 is 0 Å². The van der Waals surface area contributed by atoms with E-state index >= 15 is 0 Å². The number of rotatable bonds is 7. The average molecular weight is 275 g/mol. The normalized spacial score (nSPS) is 12.2. The Morgan fingerprint density at radius 1 is 1.30 bits per heavy atom. The van der Waals surface area contributed by atoms with Gasteiger partial charge in [0.15, 0.2) is 0 Å². The van der Waals surface area contributed by atoms with Gasteiger partial charge in [-0.25, -0.2) is 4.98 Å². The number of hydrogen-bond acceptors (Lipinski definition) is 4. The van der Waals surface area contributed by atoms with Crippen molar-refractivity contribution in [2.75, 3.05) is 20.8 Å². The van der Waals surface area contributed by atoms with E-state index in [4.69, 9.17) is 9.47 Å². The SMILES string of the molecule is COc1ccc(C(C)NCCc2ncc[nH]2)c(OC)c1. The van der Waals surface area contributed by atoms with Gasteiger partial charge in [-0.05, 0) is 13.0 Å². The second-order valence-corrected chi connectivity index (χ2v) is 4.57. The first kappa shape index (κ1) is 14.4. The standard InChI is InChI=1S/C15H21N3O2/c1-11(16-7-6-15-17-8-9-18-15)13-5-4-12(19-2)10-14(13)20-3/h4-5,8-11,16H,6-7H2,1-3H3,(H,17,18). The van der Waals surface area contributed by atoms with Crippen molar-refractivity contribution >= 4 is 0 Å². The van der Waals surface area contributed by atoms with E-state index in [1.54, 1.807) is 20.4 Å². The molecular formula is C15H21N3O2. The van der Waals surface area contributed by atoms with Gasteiger partial charge in [0, 0.05) is 43.0 Å². The van der Waals surface area contributed by atoms with Gasteiger partial charge in [0.1, 0.15) is 17.3 Å². The van der Waals surface area contributed by atoms with Crippen LogP contribution < -0.4 is 14.8 Å². The number of aromatic amines is 1. The first-order valence-corrected chi connectivity index (χ1v) is 6.68. The number of hydrogen-bond donors (Lipinski definition) is 2. The van der Waals surface area contributed by atoms with Crippen molar-refractivity contribution in [2.24, 2.45) is 0 Å². The molecule has 5 nitrogen and oxygen atoms in total. The lowest BCUT2D eigenvalue weighted by atomic mass is 10.1. The highest BCUT2D eigenvalue weighted by molar-refractivity contribution is 5.42. The summed E-state index contributed by atoms with van der Waals surface area (Å²) in [5.74, 6) is 2.63. The third-order valence-corrected chi connectivity index (χ3v) is 3.27. The van der Waals surface area contributed by atoms with Crippen molar-refractivity contribution in [2.45, 2.75) is 19.4 Å². The van der Waals surface area contributed by atoms with Crippen LogP contribution in [0.15, 0.2) is 30.6 Å². The van der Waals surface area contributed by atoms with Gasteiger partial charge in [-0.2, -0.15) is 0 Å². The number of nitrogens with zero attached hydrogens (tertiary/aromatic N) is 1. The van der Waals surface area contributed by atoms with Crippen LogP contribution in [0.5, 0.6) is 11.5 Å². The monoisotopic (exact) mass is 275 g/mol. The predicted molar refractivity (Wildman–Crippen MR) is 78.3 cm³/mol. The Hall–Kier alpha value is -2.01. The Balaban J connectivity index is 1.95. The Bertz CT molecular complexity index is 526. The molecule has 0 amide bonds. The Labute approximate surface area is 119 Å². The van der Waals surface area contributed by atoms with E-state index in [1.807, 2.05) is 24.4 Å². The summed E-state index contributed by atoms with van der Waals surface area (Å²) in [6.07, 6.45) is 4.48. The molecule has 1 aromatic heterocycles. The van der Waals surface area contributed by atoms with Gasteiger partial charge < -0.3 is 19.8 Å². The van der Waals surface area contributed by atoms with Gasteiger partial charge in [-0.15, -0.1) is 0 Å². The lowest BCUT2D eigenvalue weighted by molar-refractivity contribution is 0.386. The molecule has 0 fully saturated rings. The zero-order valence-corrected chi connectivity index (χ0v) is 12.1. The molecule has 0 spiro atoms. The van der Waals surface area contributed by atoms with Crippen molar-refractivity contribution in [1.29, 1.82) is 0 Å². The largest absolute Gasteiger partial charge is 0.497 e. The molecule has 2 rings (SSSR count). The van der Waals surface area contributed by atoms with Crippen LogP contribution in [0.25, 0.3) is 0 Å². The minimum Gasteiger partial charge on any atom is -0.497 e. The summed E-state index contributed by atoms with van der Waals surface area (Å²) in [5.41, 5.74) is 1.12. The van der Waals surface area contributed by atoms with Gasteiger partial charge in [-0.3, -0.25) is 0 Å². The van der Waals surface area contributed by atoms with Crippen LogP contribution in [0.2, 0.25) is 0 Å². The molecule has 1 unspecified atom stereocenters. The van der Waals surface area contributed by atoms with Crippen LogP contribution in [-0.2, 0) is 6.42 Å². The first-order chi connectivity index (χ1) is 9.74. The summed E-state index contributed by atoms with van der Waals surface area (Å²) in [4.78, 5) is 7.30. The third kappa shape index (κ3) is 3.51. The number of imidazole rings is 1. The highest BCUT2D eigenvalue weighted by Gasteiger charge is 2.12. The van der Waals surface area contributed by atoms with E-state index in [-0.39, 0.29) is 6.04 Å². The summed E-state index contributed by atoms with van der Waals surface area (Å²) < 4.78 is 10.6. The molecule has 5 heteroatoms. The number of methoxy groups -OCH3 is 2. The third-order valence-electron chi connectivity index (χ3n) is 3.27. The fraction of sp³-hybridized carbons (Fsp3) is 0.400. The van der Waals surface area contributed by atoms with Crippen LogP contribution in [0.3, 0.4) is 0 Å². The van der Waals surface area contributed by atoms with Crippen molar-refractivity contribution < 1.29 is 9.47 Å². The minimum absolute atomic E-state index is 0.200. The molecule has 108 valence electrons. The van der Waals surface area contributed by atoms with Crippen LogP contribution >= 0.6 is 0 Å². The molecule has 0 aliphatic carbocycles. The summed E-state index contributed by atoms with van der Waals surface area (Å²) in [6.45, 7) is 2.97. The van der Waals surface area contributed by atoms with E-state index in [9.17, 15) is 0 Å². The molecule has 1 heterocycles. The summed E-state index contributed by atoms with van der Waals surface area (Å²) in [5, 5.41) is 3.47. The average Bonchev–Trinajstić information content (AvgIpc) is 2.99. The highest BCUT2D eigenvalue weighted by atomic mass is 16.5. The molecule has 2 N–H and O–H groups in total. The number of ether oxygens (including phenoxy) is 2. The second-order valence-electron chi connectivity index (χ2n) is 4.57. The van der Waals surface area contributed by atoms with Crippen LogP contribution in [0.4, 0.5) is 0 Å². The number of H-pyrrole nitrogens is 1. The van der Waals surface area contributed by atoms with Crippen molar-refractivity contribution in [3.8, 4) is 11.5 Å². The number of nitrogens with one attached hydrogen (secondary N) is 2. The summed E-state index contributed by atoms with van der Waals surface area (Å²) in [6, 6.07) is 6.08.